The van der Waals surface area contributed by atoms with Crippen LogP contribution in [-0.2, 0) is 14.8 Å². The van der Waals surface area contributed by atoms with Crippen molar-refractivity contribution in [1.29, 1.82) is 0 Å². The maximum atomic E-state index is 12.7. The summed E-state index contributed by atoms with van der Waals surface area (Å²) in [6.45, 7) is 1.35. The number of rotatable bonds is 6. The molecule has 1 saturated heterocycles. The molecule has 2 aliphatic rings. The lowest BCUT2D eigenvalue weighted by Crippen LogP contribution is -2.50. The Morgan fingerprint density at radius 1 is 0.970 bits per heavy atom. The van der Waals surface area contributed by atoms with Crippen LogP contribution in [0.2, 0.25) is 0 Å². The second kappa shape index (κ2) is 9.04. The third kappa shape index (κ3) is 4.54. The van der Waals surface area contributed by atoms with E-state index in [4.69, 9.17) is 13.9 Å². The van der Waals surface area contributed by atoms with Crippen LogP contribution in [0.15, 0.2) is 63.1 Å². The standard InChI is InChI=1S/C21H20N4O6S2/c26-19(24-8-10-25(11-9-24)33(27,28)16-4-2-1-3-5-16)13-32-21-23-22-20(31-21)15-6-7-17-18(12-15)30-14-29-17/h1-7,12H,8-11,13-14H2. The first-order valence-corrected chi connectivity index (χ1v) is 12.6. The molecule has 0 spiro atoms. The number of ether oxygens (including phenoxy) is 2. The first kappa shape index (κ1) is 21.7. The summed E-state index contributed by atoms with van der Waals surface area (Å²) < 4.78 is 43.2. The van der Waals surface area contributed by atoms with Crippen LogP contribution in [0.25, 0.3) is 11.5 Å². The molecule has 5 rings (SSSR count). The predicted molar refractivity (Wildman–Crippen MR) is 118 cm³/mol. The molecule has 1 fully saturated rings. The summed E-state index contributed by atoms with van der Waals surface area (Å²) in [6, 6.07) is 13.6. The van der Waals surface area contributed by atoms with Gasteiger partial charge in [-0.25, -0.2) is 8.42 Å². The summed E-state index contributed by atoms with van der Waals surface area (Å²) in [7, 11) is -3.55. The van der Waals surface area contributed by atoms with Gasteiger partial charge in [0.2, 0.25) is 28.6 Å². The Morgan fingerprint density at radius 2 is 1.73 bits per heavy atom. The Hall–Kier alpha value is -3.09. The van der Waals surface area contributed by atoms with Crippen molar-refractivity contribution in [1.82, 2.24) is 19.4 Å². The Labute approximate surface area is 194 Å². The van der Waals surface area contributed by atoms with Gasteiger partial charge in [-0.2, -0.15) is 4.31 Å². The summed E-state index contributed by atoms with van der Waals surface area (Å²) in [6.07, 6.45) is 0. The molecule has 10 nitrogen and oxygen atoms in total. The Morgan fingerprint density at radius 3 is 2.52 bits per heavy atom. The van der Waals surface area contributed by atoms with Crippen LogP contribution in [0.3, 0.4) is 0 Å². The van der Waals surface area contributed by atoms with Gasteiger partial charge < -0.3 is 18.8 Å². The highest BCUT2D eigenvalue weighted by molar-refractivity contribution is 7.99. The Kier molecular flexibility index (Phi) is 5.96. The molecular formula is C21H20N4O6S2. The summed E-state index contributed by atoms with van der Waals surface area (Å²) in [5.41, 5.74) is 0.695. The zero-order valence-electron chi connectivity index (χ0n) is 17.4. The zero-order valence-corrected chi connectivity index (χ0v) is 19.0. The van der Waals surface area contributed by atoms with Gasteiger partial charge in [-0.3, -0.25) is 4.79 Å². The van der Waals surface area contributed by atoms with Crippen molar-refractivity contribution in [2.75, 3.05) is 38.7 Å². The van der Waals surface area contributed by atoms with E-state index in [1.54, 1.807) is 53.4 Å². The minimum Gasteiger partial charge on any atom is -0.454 e. The quantitative estimate of drug-likeness (QED) is 0.481. The average Bonchev–Trinajstić information content (AvgIpc) is 3.52. The molecule has 172 valence electrons. The average molecular weight is 489 g/mol. The predicted octanol–water partition coefficient (Wildman–Crippen LogP) is 2.09. The van der Waals surface area contributed by atoms with E-state index in [2.05, 4.69) is 10.2 Å². The minimum absolute atomic E-state index is 0.111. The van der Waals surface area contributed by atoms with Crippen LogP contribution in [0, 0.1) is 0 Å². The van der Waals surface area contributed by atoms with Crippen molar-refractivity contribution in [2.24, 2.45) is 0 Å². The fraction of sp³-hybridized carbons (Fsp3) is 0.286. The maximum Gasteiger partial charge on any atom is 0.277 e. The molecule has 1 aromatic heterocycles. The summed E-state index contributed by atoms with van der Waals surface area (Å²) in [5.74, 6) is 1.61. The van der Waals surface area contributed by atoms with Crippen LogP contribution >= 0.6 is 11.8 Å². The normalized spacial score (nSPS) is 16.2. The number of nitrogens with zero attached hydrogens (tertiary/aromatic N) is 4. The largest absolute Gasteiger partial charge is 0.454 e. The van der Waals surface area contributed by atoms with E-state index in [1.165, 1.54) is 4.31 Å². The Bertz CT molecular complexity index is 1260. The van der Waals surface area contributed by atoms with Crippen LogP contribution in [0.1, 0.15) is 0 Å². The zero-order chi connectivity index (χ0) is 22.8. The van der Waals surface area contributed by atoms with E-state index in [0.717, 1.165) is 11.8 Å². The van der Waals surface area contributed by atoms with Crippen LogP contribution in [0.4, 0.5) is 0 Å². The number of carbonyl (C=O) groups excluding carboxylic acids is 1. The molecule has 12 heteroatoms. The number of carbonyl (C=O) groups is 1. The molecule has 0 N–H and O–H groups in total. The smallest absolute Gasteiger partial charge is 0.277 e. The molecule has 0 saturated carbocycles. The number of amides is 1. The van der Waals surface area contributed by atoms with Gasteiger partial charge >= 0.3 is 0 Å². The number of sulfonamides is 1. The molecule has 0 radical (unpaired) electrons. The van der Waals surface area contributed by atoms with Gasteiger partial charge in [-0.05, 0) is 30.3 Å². The lowest BCUT2D eigenvalue weighted by molar-refractivity contribution is -0.129. The Balaban J connectivity index is 1.14. The SMILES string of the molecule is O=C(CSc1nnc(-c2ccc3c(c2)OCO3)o1)N1CCN(S(=O)(=O)c2ccccc2)CC1. The third-order valence-corrected chi connectivity index (χ3v) is 8.03. The van der Waals surface area contributed by atoms with Crippen molar-refractivity contribution in [3.63, 3.8) is 0 Å². The fourth-order valence-corrected chi connectivity index (χ4v) is 5.66. The number of benzene rings is 2. The maximum absolute atomic E-state index is 12.7. The van der Waals surface area contributed by atoms with Crippen molar-refractivity contribution in [3.05, 3.63) is 48.5 Å². The highest BCUT2D eigenvalue weighted by Crippen LogP contribution is 2.36. The number of piperazine rings is 1. The topological polar surface area (TPSA) is 115 Å². The molecule has 0 unspecified atom stereocenters. The van der Waals surface area contributed by atoms with Crippen LogP contribution < -0.4 is 9.47 Å². The van der Waals surface area contributed by atoms with Crippen molar-refractivity contribution in [3.8, 4) is 23.0 Å². The highest BCUT2D eigenvalue weighted by atomic mass is 32.2. The number of hydrogen-bond acceptors (Lipinski definition) is 9. The van der Waals surface area contributed by atoms with Gasteiger partial charge in [0.25, 0.3) is 5.22 Å². The van der Waals surface area contributed by atoms with Crippen molar-refractivity contribution >= 4 is 27.7 Å². The van der Waals surface area contributed by atoms with Gasteiger partial charge in [0, 0.05) is 31.7 Å². The molecule has 33 heavy (non-hydrogen) atoms. The molecule has 2 aliphatic heterocycles. The van der Waals surface area contributed by atoms with E-state index in [9.17, 15) is 13.2 Å². The summed E-state index contributed by atoms with van der Waals surface area (Å²) >= 11 is 1.15. The third-order valence-electron chi connectivity index (χ3n) is 5.32. The van der Waals surface area contributed by atoms with Gasteiger partial charge in [-0.15, -0.1) is 10.2 Å². The van der Waals surface area contributed by atoms with Gasteiger partial charge in [-0.1, -0.05) is 30.0 Å². The number of fused-ring (bicyclic) bond motifs is 1. The summed E-state index contributed by atoms with van der Waals surface area (Å²) in [4.78, 5) is 14.5. The number of thioether (sulfide) groups is 1. The molecular weight excluding hydrogens is 468 g/mol. The lowest BCUT2D eigenvalue weighted by atomic mass is 10.2. The van der Waals surface area contributed by atoms with Gasteiger partial charge in [0.1, 0.15) is 0 Å². The van der Waals surface area contributed by atoms with Crippen molar-refractivity contribution in [2.45, 2.75) is 10.1 Å². The molecule has 3 heterocycles. The molecule has 1 amide bonds. The number of aromatic nitrogens is 2. The second-order valence-corrected chi connectivity index (χ2v) is 10.2. The molecule has 3 aromatic rings. The molecule has 0 aliphatic carbocycles. The molecule has 2 aromatic carbocycles. The van der Waals surface area contributed by atoms with Crippen molar-refractivity contribution < 1.29 is 27.1 Å². The second-order valence-electron chi connectivity index (χ2n) is 7.33. The monoisotopic (exact) mass is 488 g/mol. The van der Waals surface area contributed by atoms with Gasteiger partial charge in [0.05, 0.1) is 10.6 Å². The molecule has 0 atom stereocenters. The molecule has 0 bridgehead atoms. The first-order chi connectivity index (χ1) is 16.0. The van der Waals surface area contributed by atoms with E-state index >= 15 is 0 Å². The minimum atomic E-state index is -3.55. The summed E-state index contributed by atoms with van der Waals surface area (Å²) in [5, 5.41) is 8.31. The van der Waals surface area contributed by atoms with E-state index in [0.29, 0.717) is 36.0 Å². The highest BCUT2D eigenvalue weighted by Gasteiger charge is 2.30. The van der Waals surface area contributed by atoms with Crippen LogP contribution in [0.5, 0.6) is 11.5 Å². The fourth-order valence-electron chi connectivity index (χ4n) is 3.55. The van der Waals surface area contributed by atoms with E-state index < -0.39 is 10.0 Å². The number of hydrogen-bond donors (Lipinski definition) is 0. The van der Waals surface area contributed by atoms with E-state index in [-0.39, 0.29) is 41.7 Å². The van der Waals surface area contributed by atoms with Crippen LogP contribution in [-0.4, -0.2) is 72.5 Å². The van der Waals surface area contributed by atoms with Gasteiger partial charge in [0.15, 0.2) is 11.5 Å². The first-order valence-electron chi connectivity index (χ1n) is 10.2. The van der Waals surface area contributed by atoms with E-state index in [1.807, 2.05) is 0 Å². The lowest BCUT2D eigenvalue weighted by Gasteiger charge is -2.33.